The first-order chi connectivity index (χ1) is 16.1. The molecule has 3 aliphatic rings. The molecule has 0 saturated heterocycles. The van der Waals surface area contributed by atoms with E-state index in [1.54, 1.807) is 0 Å². The fraction of sp³-hybridized carbons (Fsp3) is 0.800. The zero-order valence-corrected chi connectivity index (χ0v) is 21.1. The van der Waals surface area contributed by atoms with Crippen molar-refractivity contribution in [2.45, 2.75) is 135 Å². The summed E-state index contributed by atoms with van der Waals surface area (Å²) in [6, 6.07) is 1.93. The first-order valence-corrected chi connectivity index (χ1v) is 14.3. The summed E-state index contributed by atoms with van der Waals surface area (Å²) < 4.78 is 35.5. The average molecular weight is 461 g/mol. The summed E-state index contributed by atoms with van der Waals surface area (Å²) in [5, 5.41) is 0. The minimum atomic E-state index is -0.744. The van der Waals surface area contributed by atoms with Gasteiger partial charge in [-0.2, -0.15) is 4.39 Å². The SMILES string of the molecule is CCCC1CCC(CCCCC2CCC(c3cc4c(c(F)c3F)OC(CC)CC4)CC2)CC1. The van der Waals surface area contributed by atoms with Crippen molar-refractivity contribution in [1.29, 1.82) is 0 Å². The van der Waals surface area contributed by atoms with Crippen molar-refractivity contribution in [3.8, 4) is 5.75 Å². The second-order valence-electron chi connectivity index (χ2n) is 11.4. The standard InChI is InChI=1S/C30H46F2O/c1-3-7-21-10-12-22(13-11-21)8-5-6-9-23-14-16-24(17-15-23)27-20-25-18-19-26(4-2)33-30(25)29(32)28(27)31/h20-24,26H,3-19H2,1-2H3. The average Bonchev–Trinajstić information content (AvgIpc) is 2.85. The third-order valence-electron chi connectivity index (χ3n) is 9.17. The van der Waals surface area contributed by atoms with E-state index >= 15 is 0 Å². The number of ether oxygens (including phenoxy) is 1. The lowest BCUT2D eigenvalue weighted by Crippen LogP contribution is -2.24. The maximum atomic E-state index is 14.9. The highest BCUT2D eigenvalue weighted by atomic mass is 19.2. The predicted molar refractivity (Wildman–Crippen MR) is 133 cm³/mol. The van der Waals surface area contributed by atoms with Crippen LogP contribution in [0.25, 0.3) is 0 Å². The summed E-state index contributed by atoms with van der Waals surface area (Å²) in [4.78, 5) is 0. The number of halogens is 2. The highest BCUT2D eigenvalue weighted by molar-refractivity contribution is 5.42. The van der Waals surface area contributed by atoms with Gasteiger partial charge < -0.3 is 4.74 Å². The Labute approximate surface area is 201 Å². The second-order valence-corrected chi connectivity index (χ2v) is 11.4. The number of unbranched alkanes of at least 4 members (excludes halogenated alkanes) is 1. The summed E-state index contributed by atoms with van der Waals surface area (Å²) in [6.45, 7) is 4.35. The largest absolute Gasteiger partial charge is 0.487 e. The fourth-order valence-electron chi connectivity index (χ4n) is 6.97. The minimum Gasteiger partial charge on any atom is -0.487 e. The Morgan fingerprint density at radius 1 is 0.758 bits per heavy atom. The topological polar surface area (TPSA) is 9.23 Å². The molecule has 186 valence electrons. The number of aryl methyl sites for hydroxylation is 1. The zero-order chi connectivity index (χ0) is 23.2. The van der Waals surface area contributed by atoms with Crippen LogP contribution < -0.4 is 4.74 Å². The van der Waals surface area contributed by atoms with Crippen LogP contribution in [0.4, 0.5) is 8.78 Å². The molecule has 0 N–H and O–H groups in total. The number of fused-ring (bicyclic) bond motifs is 1. The minimum absolute atomic E-state index is 0.0174. The van der Waals surface area contributed by atoms with Crippen LogP contribution in [0.1, 0.15) is 134 Å². The van der Waals surface area contributed by atoms with E-state index < -0.39 is 11.6 Å². The van der Waals surface area contributed by atoms with Gasteiger partial charge >= 0.3 is 0 Å². The quantitative estimate of drug-likeness (QED) is 0.333. The summed E-state index contributed by atoms with van der Waals surface area (Å²) >= 11 is 0. The molecule has 2 saturated carbocycles. The van der Waals surface area contributed by atoms with Gasteiger partial charge in [-0.3, -0.25) is 0 Å². The van der Waals surface area contributed by atoms with Gasteiger partial charge in [0.25, 0.3) is 0 Å². The molecule has 0 amide bonds. The van der Waals surface area contributed by atoms with Crippen molar-refractivity contribution in [3.63, 3.8) is 0 Å². The molecule has 0 bridgehead atoms. The molecule has 3 heteroatoms. The van der Waals surface area contributed by atoms with E-state index in [0.29, 0.717) is 5.56 Å². The molecule has 1 aliphatic heterocycles. The van der Waals surface area contributed by atoms with Gasteiger partial charge in [-0.05, 0) is 85.8 Å². The van der Waals surface area contributed by atoms with Crippen LogP contribution in [0.5, 0.6) is 5.75 Å². The molecule has 1 atom stereocenters. The maximum absolute atomic E-state index is 14.9. The molecule has 2 fully saturated rings. The van der Waals surface area contributed by atoms with E-state index in [-0.39, 0.29) is 17.8 Å². The highest BCUT2D eigenvalue weighted by Crippen LogP contribution is 2.43. The third-order valence-corrected chi connectivity index (χ3v) is 9.17. The Hall–Kier alpha value is -1.12. The van der Waals surface area contributed by atoms with Crippen molar-refractivity contribution in [1.82, 2.24) is 0 Å². The Bertz CT molecular complexity index is 744. The van der Waals surface area contributed by atoms with E-state index in [9.17, 15) is 8.78 Å². The molecule has 1 unspecified atom stereocenters. The molecule has 1 aromatic rings. The Morgan fingerprint density at radius 2 is 1.33 bits per heavy atom. The number of hydrogen-bond donors (Lipinski definition) is 0. The van der Waals surface area contributed by atoms with Crippen LogP contribution in [-0.4, -0.2) is 6.10 Å². The molecular formula is C30H46F2O. The lowest BCUT2D eigenvalue weighted by atomic mass is 9.75. The van der Waals surface area contributed by atoms with Gasteiger partial charge in [0, 0.05) is 0 Å². The number of rotatable bonds is 9. The lowest BCUT2D eigenvalue weighted by molar-refractivity contribution is 0.158. The molecule has 0 radical (unpaired) electrons. The predicted octanol–water partition coefficient (Wildman–Crippen LogP) is 9.51. The van der Waals surface area contributed by atoms with E-state index in [1.165, 1.54) is 77.0 Å². The summed E-state index contributed by atoms with van der Waals surface area (Å²) in [5.41, 5.74) is 1.49. The Balaban J connectivity index is 1.19. The van der Waals surface area contributed by atoms with Crippen molar-refractivity contribution >= 4 is 0 Å². The Morgan fingerprint density at radius 3 is 1.91 bits per heavy atom. The molecule has 1 nitrogen and oxygen atoms in total. The van der Waals surface area contributed by atoms with Crippen molar-refractivity contribution in [2.24, 2.45) is 17.8 Å². The van der Waals surface area contributed by atoms with Gasteiger partial charge in [-0.15, -0.1) is 0 Å². The van der Waals surface area contributed by atoms with Gasteiger partial charge in [0.15, 0.2) is 11.6 Å². The zero-order valence-electron chi connectivity index (χ0n) is 21.1. The summed E-state index contributed by atoms with van der Waals surface area (Å²) in [5.74, 6) is 1.72. The molecule has 2 aliphatic carbocycles. The second kappa shape index (κ2) is 12.0. The van der Waals surface area contributed by atoms with E-state index in [4.69, 9.17) is 4.74 Å². The molecule has 4 rings (SSSR count). The van der Waals surface area contributed by atoms with Crippen molar-refractivity contribution in [2.75, 3.05) is 0 Å². The van der Waals surface area contributed by atoms with Crippen LogP contribution in [0.2, 0.25) is 0 Å². The van der Waals surface area contributed by atoms with Crippen LogP contribution >= 0.6 is 0 Å². The molecule has 33 heavy (non-hydrogen) atoms. The third kappa shape index (κ3) is 6.31. The molecule has 1 aromatic carbocycles. The lowest BCUT2D eigenvalue weighted by Gasteiger charge is -2.31. The molecule has 1 heterocycles. The van der Waals surface area contributed by atoms with Crippen LogP contribution in [-0.2, 0) is 6.42 Å². The van der Waals surface area contributed by atoms with E-state index in [0.717, 1.165) is 55.4 Å². The highest BCUT2D eigenvalue weighted by Gasteiger charge is 2.31. The smallest absolute Gasteiger partial charge is 0.201 e. The van der Waals surface area contributed by atoms with E-state index in [2.05, 4.69) is 6.92 Å². The normalized spacial score (nSPS) is 30.0. The van der Waals surface area contributed by atoms with Crippen LogP contribution in [0.15, 0.2) is 6.07 Å². The van der Waals surface area contributed by atoms with Gasteiger partial charge in [0.1, 0.15) is 0 Å². The van der Waals surface area contributed by atoms with E-state index in [1.807, 2.05) is 13.0 Å². The summed E-state index contributed by atoms with van der Waals surface area (Å²) in [6.07, 6.45) is 21.0. The Kier molecular flexibility index (Phi) is 9.11. The number of benzene rings is 1. The van der Waals surface area contributed by atoms with Crippen molar-refractivity contribution in [3.05, 3.63) is 28.8 Å². The first kappa shape index (κ1) is 25.0. The fourth-order valence-corrected chi connectivity index (χ4v) is 6.97. The molecule has 0 aromatic heterocycles. The van der Waals surface area contributed by atoms with Crippen LogP contribution in [0, 0.1) is 29.4 Å². The maximum Gasteiger partial charge on any atom is 0.201 e. The van der Waals surface area contributed by atoms with Gasteiger partial charge in [0.2, 0.25) is 5.82 Å². The first-order valence-electron chi connectivity index (χ1n) is 14.3. The molecular weight excluding hydrogens is 414 g/mol. The summed E-state index contributed by atoms with van der Waals surface area (Å²) in [7, 11) is 0. The van der Waals surface area contributed by atoms with Crippen molar-refractivity contribution < 1.29 is 13.5 Å². The van der Waals surface area contributed by atoms with Gasteiger partial charge in [-0.1, -0.05) is 78.1 Å². The monoisotopic (exact) mass is 460 g/mol. The van der Waals surface area contributed by atoms with Crippen LogP contribution in [0.3, 0.4) is 0 Å². The molecule has 0 spiro atoms. The van der Waals surface area contributed by atoms with Gasteiger partial charge in [-0.25, -0.2) is 4.39 Å². The van der Waals surface area contributed by atoms with Gasteiger partial charge in [0.05, 0.1) is 6.10 Å². The number of hydrogen-bond acceptors (Lipinski definition) is 1.